The summed E-state index contributed by atoms with van der Waals surface area (Å²) in [6, 6.07) is 4.84. The first-order valence-electron chi connectivity index (χ1n) is 6.94. The topological polar surface area (TPSA) is 45.4 Å². The first kappa shape index (κ1) is 13.3. The molecule has 4 nitrogen and oxygen atoms in total. The molecule has 1 unspecified atom stereocenters. The molecule has 0 radical (unpaired) electrons. The maximum atomic E-state index is 5.69. The molecule has 18 heavy (non-hydrogen) atoms. The number of aromatic nitrogens is 1. The van der Waals surface area contributed by atoms with E-state index in [0.29, 0.717) is 6.04 Å². The quantitative estimate of drug-likeness (QED) is 0.854. The second-order valence-corrected chi connectivity index (χ2v) is 4.87. The maximum Gasteiger partial charge on any atom is 0.0397 e. The van der Waals surface area contributed by atoms with Crippen LogP contribution in [-0.4, -0.2) is 48.6 Å². The zero-order chi connectivity index (χ0) is 12.8. The first-order chi connectivity index (χ1) is 8.85. The number of pyridine rings is 1. The van der Waals surface area contributed by atoms with Gasteiger partial charge in [-0.25, -0.2) is 0 Å². The molecule has 1 aliphatic rings. The Morgan fingerprint density at radius 1 is 1.22 bits per heavy atom. The Kier molecular flexibility index (Phi) is 4.96. The summed E-state index contributed by atoms with van der Waals surface area (Å²) in [5.41, 5.74) is 6.97. The van der Waals surface area contributed by atoms with Gasteiger partial charge in [0.05, 0.1) is 0 Å². The third-order valence-electron chi connectivity index (χ3n) is 3.83. The zero-order valence-electron chi connectivity index (χ0n) is 11.3. The molecule has 100 valence electrons. The molecule has 0 aliphatic carbocycles. The fourth-order valence-corrected chi connectivity index (χ4v) is 2.74. The van der Waals surface area contributed by atoms with Crippen LogP contribution in [0.2, 0.25) is 0 Å². The van der Waals surface area contributed by atoms with E-state index in [0.717, 1.165) is 39.1 Å². The molecule has 0 aromatic carbocycles. The summed E-state index contributed by atoms with van der Waals surface area (Å²) in [7, 11) is 0. The number of nitrogens with zero attached hydrogens (tertiary/aromatic N) is 3. The summed E-state index contributed by atoms with van der Waals surface area (Å²) in [5, 5.41) is 0. The van der Waals surface area contributed by atoms with Crippen molar-refractivity contribution >= 4 is 5.69 Å². The Morgan fingerprint density at radius 2 is 1.89 bits per heavy atom. The van der Waals surface area contributed by atoms with Crippen LogP contribution in [-0.2, 0) is 0 Å². The highest BCUT2D eigenvalue weighted by Crippen LogP contribution is 2.17. The predicted octanol–water partition coefficient (Wildman–Crippen LogP) is 1.33. The van der Waals surface area contributed by atoms with Gasteiger partial charge in [0, 0.05) is 50.3 Å². The SMILES string of the molecule is CCC(CCN)N1CCN(c2ccncc2)CC1. The Bertz CT molecular complexity index is 333. The average molecular weight is 248 g/mol. The Balaban J connectivity index is 1.88. The van der Waals surface area contributed by atoms with E-state index in [1.54, 1.807) is 0 Å². The zero-order valence-corrected chi connectivity index (χ0v) is 11.3. The molecule has 0 amide bonds. The number of piperazine rings is 1. The van der Waals surface area contributed by atoms with Crippen molar-refractivity contribution in [2.24, 2.45) is 5.73 Å². The molecule has 1 saturated heterocycles. The third kappa shape index (κ3) is 3.21. The van der Waals surface area contributed by atoms with Crippen molar-refractivity contribution in [1.29, 1.82) is 0 Å². The van der Waals surface area contributed by atoms with Crippen LogP contribution in [0.4, 0.5) is 5.69 Å². The van der Waals surface area contributed by atoms with Gasteiger partial charge in [0.15, 0.2) is 0 Å². The van der Waals surface area contributed by atoms with Crippen molar-refractivity contribution in [1.82, 2.24) is 9.88 Å². The number of hydrogen-bond acceptors (Lipinski definition) is 4. The van der Waals surface area contributed by atoms with Gasteiger partial charge in [-0.05, 0) is 31.5 Å². The van der Waals surface area contributed by atoms with Crippen LogP contribution in [0.1, 0.15) is 19.8 Å². The van der Waals surface area contributed by atoms with Crippen LogP contribution in [0.5, 0.6) is 0 Å². The third-order valence-corrected chi connectivity index (χ3v) is 3.83. The fourth-order valence-electron chi connectivity index (χ4n) is 2.74. The molecule has 2 N–H and O–H groups in total. The van der Waals surface area contributed by atoms with Gasteiger partial charge in [0.25, 0.3) is 0 Å². The summed E-state index contributed by atoms with van der Waals surface area (Å²) in [4.78, 5) is 9.10. The van der Waals surface area contributed by atoms with Crippen molar-refractivity contribution in [3.05, 3.63) is 24.5 Å². The van der Waals surface area contributed by atoms with Gasteiger partial charge in [0.1, 0.15) is 0 Å². The number of rotatable bonds is 5. The van der Waals surface area contributed by atoms with E-state index in [4.69, 9.17) is 5.73 Å². The molecule has 1 aromatic heterocycles. The number of hydrogen-bond donors (Lipinski definition) is 1. The normalized spacial score (nSPS) is 18.9. The molecule has 1 aromatic rings. The monoisotopic (exact) mass is 248 g/mol. The van der Waals surface area contributed by atoms with E-state index in [-0.39, 0.29) is 0 Å². The van der Waals surface area contributed by atoms with Crippen LogP contribution < -0.4 is 10.6 Å². The van der Waals surface area contributed by atoms with E-state index >= 15 is 0 Å². The predicted molar refractivity (Wildman–Crippen MR) is 75.8 cm³/mol. The van der Waals surface area contributed by atoms with E-state index in [1.807, 2.05) is 12.4 Å². The summed E-state index contributed by atoms with van der Waals surface area (Å²) >= 11 is 0. The molecule has 0 bridgehead atoms. The number of anilines is 1. The lowest BCUT2D eigenvalue weighted by Gasteiger charge is -2.40. The largest absolute Gasteiger partial charge is 0.369 e. The summed E-state index contributed by atoms with van der Waals surface area (Å²) in [6.07, 6.45) is 6.05. The molecule has 2 heterocycles. The fraction of sp³-hybridized carbons (Fsp3) is 0.643. The van der Waals surface area contributed by atoms with Crippen molar-refractivity contribution in [2.45, 2.75) is 25.8 Å². The Hall–Kier alpha value is -1.13. The molecule has 2 rings (SSSR count). The van der Waals surface area contributed by atoms with Crippen LogP contribution in [0.15, 0.2) is 24.5 Å². The molecule has 1 aliphatic heterocycles. The van der Waals surface area contributed by atoms with Crippen LogP contribution >= 0.6 is 0 Å². The van der Waals surface area contributed by atoms with E-state index in [9.17, 15) is 0 Å². The van der Waals surface area contributed by atoms with Crippen LogP contribution in [0, 0.1) is 0 Å². The second-order valence-electron chi connectivity index (χ2n) is 4.87. The summed E-state index contributed by atoms with van der Waals surface area (Å²) < 4.78 is 0. The minimum absolute atomic E-state index is 0.662. The molecule has 1 atom stereocenters. The van der Waals surface area contributed by atoms with E-state index in [2.05, 4.69) is 33.8 Å². The van der Waals surface area contributed by atoms with Crippen molar-refractivity contribution in [3.63, 3.8) is 0 Å². The van der Waals surface area contributed by atoms with Gasteiger partial charge in [-0.3, -0.25) is 9.88 Å². The highest BCUT2D eigenvalue weighted by Gasteiger charge is 2.22. The van der Waals surface area contributed by atoms with E-state index in [1.165, 1.54) is 12.1 Å². The lowest BCUT2D eigenvalue weighted by atomic mass is 10.1. The standard InChI is InChI=1S/C14H24N4/c1-2-13(3-6-15)17-9-11-18(12-10-17)14-4-7-16-8-5-14/h4-5,7-8,13H,2-3,6,9-12,15H2,1H3. The minimum atomic E-state index is 0.662. The molecular formula is C14H24N4. The van der Waals surface area contributed by atoms with Crippen LogP contribution in [0.3, 0.4) is 0 Å². The lowest BCUT2D eigenvalue weighted by molar-refractivity contribution is 0.173. The van der Waals surface area contributed by atoms with Gasteiger partial charge in [-0.15, -0.1) is 0 Å². The van der Waals surface area contributed by atoms with Crippen molar-refractivity contribution in [3.8, 4) is 0 Å². The highest BCUT2D eigenvalue weighted by molar-refractivity contribution is 5.44. The summed E-state index contributed by atoms with van der Waals surface area (Å²) in [6.45, 7) is 7.54. The first-order valence-corrected chi connectivity index (χ1v) is 6.94. The van der Waals surface area contributed by atoms with Gasteiger partial charge < -0.3 is 10.6 Å². The van der Waals surface area contributed by atoms with Gasteiger partial charge in [0.2, 0.25) is 0 Å². The molecule has 1 fully saturated rings. The molecule has 0 spiro atoms. The van der Waals surface area contributed by atoms with Crippen molar-refractivity contribution < 1.29 is 0 Å². The van der Waals surface area contributed by atoms with Gasteiger partial charge in [-0.2, -0.15) is 0 Å². The maximum absolute atomic E-state index is 5.69. The Labute approximate surface area is 110 Å². The smallest absolute Gasteiger partial charge is 0.0397 e. The van der Waals surface area contributed by atoms with Gasteiger partial charge in [-0.1, -0.05) is 6.92 Å². The second kappa shape index (κ2) is 6.71. The lowest BCUT2D eigenvalue weighted by Crippen LogP contribution is -2.50. The highest BCUT2D eigenvalue weighted by atomic mass is 15.3. The molecular weight excluding hydrogens is 224 g/mol. The Morgan fingerprint density at radius 3 is 2.44 bits per heavy atom. The summed E-state index contributed by atoms with van der Waals surface area (Å²) in [5.74, 6) is 0. The minimum Gasteiger partial charge on any atom is -0.369 e. The molecule has 0 saturated carbocycles. The average Bonchev–Trinajstić information content (AvgIpc) is 2.46. The van der Waals surface area contributed by atoms with Crippen molar-refractivity contribution in [2.75, 3.05) is 37.6 Å². The van der Waals surface area contributed by atoms with Crippen LogP contribution in [0.25, 0.3) is 0 Å². The molecule has 4 heteroatoms. The number of nitrogens with two attached hydrogens (primary N) is 1. The van der Waals surface area contributed by atoms with E-state index < -0.39 is 0 Å². The van der Waals surface area contributed by atoms with Gasteiger partial charge >= 0.3 is 0 Å².